The highest BCUT2D eigenvalue weighted by Crippen LogP contribution is 2.18. The molecule has 0 unspecified atom stereocenters. The number of hydrogen-bond donors (Lipinski definition) is 1. The number of carbonyl (C=O) groups excluding carboxylic acids is 1. The van der Waals surface area contributed by atoms with E-state index in [0.717, 1.165) is 42.1 Å². The molecule has 0 spiro atoms. The van der Waals surface area contributed by atoms with Crippen molar-refractivity contribution >= 4 is 41.3 Å². The first-order valence-corrected chi connectivity index (χ1v) is 13.5. The van der Waals surface area contributed by atoms with Gasteiger partial charge in [0.05, 0.1) is 6.54 Å². The summed E-state index contributed by atoms with van der Waals surface area (Å²) in [5, 5.41) is 4.74. The topological polar surface area (TPSA) is 53.9 Å². The Hall–Kier alpha value is -2.93. The third-order valence-corrected chi connectivity index (χ3v) is 6.35. The van der Waals surface area contributed by atoms with Crippen LogP contribution in [0.3, 0.4) is 0 Å². The maximum Gasteiger partial charge on any atom is 0.253 e. The lowest BCUT2D eigenvalue weighted by Crippen LogP contribution is -2.32. The SMILES string of the molecule is CCCN(CCC)C(=O)c1ccc(-c2nc(=S)n(Cc3cccc(Cl)c3)[nH]2)cc1.Cc1cccc(Cl)c1. The third-order valence-electron chi connectivity index (χ3n) is 5.57. The smallest absolute Gasteiger partial charge is 0.253 e. The molecule has 1 aromatic heterocycles. The predicted octanol–water partition coefficient (Wildman–Crippen LogP) is 8.22. The Morgan fingerprint density at radius 1 is 0.946 bits per heavy atom. The normalized spacial score (nSPS) is 10.5. The molecule has 0 atom stereocenters. The Morgan fingerprint density at radius 3 is 2.11 bits per heavy atom. The van der Waals surface area contributed by atoms with Gasteiger partial charge in [-0.2, -0.15) is 4.98 Å². The van der Waals surface area contributed by atoms with Crippen LogP contribution in [0.5, 0.6) is 0 Å². The summed E-state index contributed by atoms with van der Waals surface area (Å²) in [4.78, 5) is 19.1. The number of aromatic amines is 1. The Balaban J connectivity index is 0.000000405. The first-order chi connectivity index (χ1) is 17.8. The van der Waals surface area contributed by atoms with Crippen molar-refractivity contribution in [3.05, 3.63) is 104 Å². The van der Waals surface area contributed by atoms with Crippen molar-refractivity contribution in [1.82, 2.24) is 19.7 Å². The van der Waals surface area contributed by atoms with Gasteiger partial charge in [0.2, 0.25) is 4.77 Å². The first-order valence-electron chi connectivity index (χ1n) is 12.3. The number of benzene rings is 3. The van der Waals surface area contributed by atoms with Crippen LogP contribution in [0.25, 0.3) is 11.4 Å². The van der Waals surface area contributed by atoms with E-state index in [4.69, 9.17) is 35.4 Å². The van der Waals surface area contributed by atoms with Gasteiger partial charge in [0.1, 0.15) is 0 Å². The molecule has 1 N–H and O–H groups in total. The quantitative estimate of drug-likeness (QED) is 0.223. The molecule has 0 aliphatic rings. The Bertz CT molecular complexity index is 1340. The monoisotopic (exact) mass is 554 g/mol. The second kappa shape index (κ2) is 14.1. The average Bonchev–Trinajstić information content (AvgIpc) is 3.24. The van der Waals surface area contributed by atoms with Gasteiger partial charge in [0, 0.05) is 34.3 Å². The molecule has 0 saturated heterocycles. The van der Waals surface area contributed by atoms with Gasteiger partial charge in [0.15, 0.2) is 5.82 Å². The molecule has 0 radical (unpaired) electrons. The van der Waals surface area contributed by atoms with Crippen molar-refractivity contribution in [1.29, 1.82) is 0 Å². The summed E-state index contributed by atoms with van der Waals surface area (Å²) in [6.07, 6.45) is 1.90. The van der Waals surface area contributed by atoms with Gasteiger partial charge in [-0.25, -0.2) is 0 Å². The Labute approximate surface area is 234 Å². The van der Waals surface area contributed by atoms with E-state index in [2.05, 4.69) is 23.9 Å². The molecule has 0 bridgehead atoms. The first kappa shape index (κ1) is 28.6. The van der Waals surface area contributed by atoms with E-state index >= 15 is 0 Å². The number of amides is 1. The van der Waals surface area contributed by atoms with Gasteiger partial charge in [-0.05, 0) is 79.5 Å². The van der Waals surface area contributed by atoms with Crippen molar-refractivity contribution in [2.75, 3.05) is 13.1 Å². The van der Waals surface area contributed by atoms with Gasteiger partial charge < -0.3 is 4.90 Å². The molecular weight excluding hydrogens is 523 g/mol. The standard InChI is InChI=1S/C22H25ClN4OS.C7H7Cl/c1-3-12-26(13-4-2)21(28)18-10-8-17(9-11-18)20-24-22(29)27(25-20)15-16-6-5-7-19(23)14-16;1-6-3-2-4-7(8)5-6/h5-11,14H,3-4,12-13,15H2,1-2H3,(H,24,25,29);2-5H,1H3. The van der Waals surface area contributed by atoms with Crippen molar-refractivity contribution in [2.24, 2.45) is 0 Å². The zero-order chi connectivity index (χ0) is 26.8. The number of H-pyrrole nitrogens is 1. The van der Waals surface area contributed by atoms with E-state index in [0.29, 0.717) is 27.7 Å². The van der Waals surface area contributed by atoms with Gasteiger partial charge in [0.25, 0.3) is 5.91 Å². The molecule has 8 heteroatoms. The number of nitrogens with zero attached hydrogens (tertiary/aromatic N) is 3. The summed E-state index contributed by atoms with van der Waals surface area (Å²) in [7, 11) is 0. The molecule has 37 heavy (non-hydrogen) atoms. The zero-order valence-electron chi connectivity index (χ0n) is 21.4. The fraction of sp³-hybridized carbons (Fsp3) is 0.276. The molecule has 1 amide bonds. The minimum Gasteiger partial charge on any atom is -0.339 e. The molecule has 1 heterocycles. The van der Waals surface area contributed by atoms with Crippen molar-refractivity contribution in [3.63, 3.8) is 0 Å². The summed E-state index contributed by atoms with van der Waals surface area (Å²) in [6.45, 7) is 8.30. The van der Waals surface area contributed by atoms with Crippen LogP contribution < -0.4 is 0 Å². The largest absolute Gasteiger partial charge is 0.339 e. The van der Waals surface area contributed by atoms with Crippen LogP contribution in [0.15, 0.2) is 72.8 Å². The van der Waals surface area contributed by atoms with Crippen LogP contribution in [-0.2, 0) is 6.54 Å². The molecular formula is C29H32Cl2N4OS. The highest BCUT2D eigenvalue weighted by atomic mass is 35.5. The van der Waals surface area contributed by atoms with Crippen molar-refractivity contribution < 1.29 is 4.79 Å². The lowest BCUT2D eigenvalue weighted by Gasteiger charge is -2.21. The van der Waals surface area contributed by atoms with Crippen LogP contribution in [0.2, 0.25) is 10.0 Å². The van der Waals surface area contributed by atoms with Crippen molar-refractivity contribution in [2.45, 2.75) is 40.2 Å². The number of rotatable bonds is 8. The van der Waals surface area contributed by atoms with E-state index < -0.39 is 0 Å². The summed E-state index contributed by atoms with van der Waals surface area (Å²) < 4.78 is 2.27. The summed E-state index contributed by atoms with van der Waals surface area (Å²) >= 11 is 17.1. The summed E-state index contributed by atoms with van der Waals surface area (Å²) in [6, 6.07) is 22.9. The van der Waals surface area contributed by atoms with E-state index in [1.54, 1.807) is 4.68 Å². The number of halogens is 2. The molecule has 3 aromatic carbocycles. The van der Waals surface area contributed by atoms with Crippen LogP contribution in [0.4, 0.5) is 0 Å². The average molecular weight is 556 g/mol. The Morgan fingerprint density at radius 2 is 1.57 bits per heavy atom. The third kappa shape index (κ3) is 8.56. The number of aromatic nitrogens is 3. The molecule has 194 valence electrons. The molecule has 0 aliphatic heterocycles. The maximum absolute atomic E-state index is 12.7. The van der Waals surface area contributed by atoms with E-state index in [-0.39, 0.29) is 5.91 Å². The Kier molecular flexibility index (Phi) is 10.9. The number of nitrogens with one attached hydrogen (secondary N) is 1. The molecule has 0 saturated carbocycles. The minimum absolute atomic E-state index is 0.0691. The second-order valence-corrected chi connectivity index (χ2v) is 9.98. The molecule has 5 nitrogen and oxygen atoms in total. The van der Waals surface area contributed by atoms with E-state index in [1.165, 1.54) is 5.56 Å². The maximum atomic E-state index is 12.7. The van der Waals surface area contributed by atoms with Gasteiger partial charge in [-0.3, -0.25) is 14.6 Å². The minimum atomic E-state index is 0.0691. The van der Waals surface area contributed by atoms with Gasteiger partial charge >= 0.3 is 0 Å². The fourth-order valence-electron chi connectivity index (χ4n) is 3.82. The van der Waals surface area contributed by atoms with Gasteiger partial charge in [-0.15, -0.1) is 0 Å². The van der Waals surface area contributed by atoms with Crippen LogP contribution >= 0.6 is 35.4 Å². The lowest BCUT2D eigenvalue weighted by atomic mass is 10.1. The van der Waals surface area contributed by atoms with E-state index in [9.17, 15) is 4.79 Å². The fourth-order valence-corrected chi connectivity index (χ4v) is 4.48. The van der Waals surface area contributed by atoms with Crippen molar-refractivity contribution in [3.8, 4) is 11.4 Å². The van der Waals surface area contributed by atoms with Crippen LogP contribution in [-0.4, -0.2) is 38.7 Å². The predicted molar refractivity (Wildman–Crippen MR) is 156 cm³/mol. The number of carbonyl (C=O) groups is 1. The van der Waals surface area contributed by atoms with Crippen LogP contribution in [0.1, 0.15) is 48.2 Å². The molecule has 4 aromatic rings. The number of aryl methyl sites for hydroxylation is 1. The van der Waals surface area contributed by atoms with Crippen LogP contribution in [0, 0.1) is 11.7 Å². The highest BCUT2D eigenvalue weighted by molar-refractivity contribution is 7.71. The molecule has 4 rings (SSSR count). The lowest BCUT2D eigenvalue weighted by molar-refractivity contribution is 0.0755. The van der Waals surface area contributed by atoms with Gasteiger partial charge in [-0.1, -0.05) is 73.4 Å². The highest BCUT2D eigenvalue weighted by Gasteiger charge is 2.15. The summed E-state index contributed by atoms with van der Waals surface area (Å²) in [5.41, 5.74) is 3.82. The second-order valence-electron chi connectivity index (χ2n) is 8.74. The zero-order valence-corrected chi connectivity index (χ0v) is 23.7. The molecule has 0 aliphatic carbocycles. The van der Waals surface area contributed by atoms with E-state index in [1.807, 2.05) is 84.6 Å². The summed E-state index contributed by atoms with van der Waals surface area (Å²) in [5.74, 6) is 0.745. The number of hydrogen-bond acceptors (Lipinski definition) is 3. The molecule has 0 fully saturated rings.